The molecule has 1 atom stereocenters. The average molecular weight is 558 g/mol. The van der Waals surface area contributed by atoms with Crippen LogP contribution in [0.2, 0.25) is 5.02 Å². The number of carboxylic acid groups (broad SMARTS) is 1. The number of alkyl halides is 3. The van der Waals surface area contributed by atoms with Crippen molar-refractivity contribution >= 4 is 34.2 Å². The van der Waals surface area contributed by atoms with Gasteiger partial charge in [-0.05, 0) is 69.8 Å². The molecule has 0 bridgehead atoms. The van der Waals surface area contributed by atoms with E-state index in [1.165, 1.54) is 24.3 Å². The SMILES string of the molecule is O=C(O)CCNC(=O)c1ccc(C(CCC(F)(F)F)c2ccc3cc(-c4ccc(F)c(Cl)c4)ccc3c2)cc1. The first-order valence-corrected chi connectivity index (χ1v) is 12.5. The fourth-order valence-electron chi connectivity index (χ4n) is 4.42. The molecule has 4 aromatic rings. The maximum absolute atomic E-state index is 13.6. The van der Waals surface area contributed by atoms with Crippen molar-refractivity contribution in [3.63, 3.8) is 0 Å². The summed E-state index contributed by atoms with van der Waals surface area (Å²) >= 11 is 5.92. The van der Waals surface area contributed by atoms with Crippen molar-refractivity contribution in [1.29, 1.82) is 0 Å². The number of carboxylic acids is 1. The Kier molecular flexibility index (Phi) is 8.55. The van der Waals surface area contributed by atoms with Crippen LogP contribution in [0.5, 0.6) is 0 Å². The Morgan fingerprint density at radius 3 is 2.13 bits per heavy atom. The van der Waals surface area contributed by atoms with Crippen molar-refractivity contribution < 1.29 is 32.3 Å². The molecule has 0 aliphatic heterocycles. The number of nitrogens with one attached hydrogen (secondary N) is 1. The van der Waals surface area contributed by atoms with Crippen molar-refractivity contribution in [1.82, 2.24) is 5.32 Å². The summed E-state index contributed by atoms with van der Waals surface area (Å²) in [6.07, 6.45) is -5.70. The van der Waals surface area contributed by atoms with Gasteiger partial charge in [-0.3, -0.25) is 9.59 Å². The summed E-state index contributed by atoms with van der Waals surface area (Å²) in [5, 5.41) is 12.9. The Bertz CT molecular complexity index is 1500. The van der Waals surface area contributed by atoms with Gasteiger partial charge in [-0.1, -0.05) is 60.1 Å². The van der Waals surface area contributed by atoms with Gasteiger partial charge in [-0.15, -0.1) is 0 Å². The van der Waals surface area contributed by atoms with Crippen molar-refractivity contribution in [2.45, 2.75) is 31.4 Å². The first kappa shape index (κ1) is 28.1. The van der Waals surface area contributed by atoms with E-state index in [2.05, 4.69) is 5.32 Å². The highest BCUT2D eigenvalue weighted by Gasteiger charge is 2.29. The third kappa shape index (κ3) is 7.35. The minimum Gasteiger partial charge on any atom is -0.481 e. The minimum absolute atomic E-state index is 0.0132. The normalized spacial score (nSPS) is 12.3. The number of amides is 1. The van der Waals surface area contributed by atoms with Crippen molar-refractivity contribution in [2.75, 3.05) is 6.54 Å². The van der Waals surface area contributed by atoms with E-state index in [0.29, 0.717) is 11.1 Å². The zero-order chi connectivity index (χ0) is 28.2. The number of halogens is 5. The van der Waals surface area contributed by atoms with Crippen LogP contribution in [-0.2, 0) is 4.79 Å². The monoisotopic (exact) mass is 557 g/mol. The maximum Gasteiger partial charge on any atom is 0.389 e. The van der Waals surface area contributed by atoms with Crippen LogP contribution >= 0.6 is 11.6 Å². The Morgan fingerprint density at radius 2 is 1.46 bits per heavy atom. The summed E-state index contributed by atoms with van der Waals surface area (Å²) in [6, 6.07) is 21.8. The quantitative estimate of drug-likeness (QED) is 0.205. The molecule has 4 aromatic carbocycles. The van der Waals surface area contributed by atoms with E-state index in [4.69, 9.17) is 16.7 Å². The number of carbonyl (C=O) groups is 2. The van der Waals surface area contributed by atoms with Crippen LogP contribution in [0, 0.1) is 5.82 Å². The second-order valence-electron chi connectivity index (χ2n) is 9.18. The fraction of sp³-hybridized carbons (Fsp3) is 0.200. The zero-order valence-corrected chi connectivity index (χ0v) is 21.3. The van der Waals surface area contributed by atoms with Crippen molar-refractivity contribution in [3.8, 4) is 11.1 Å². The van der Waals surface area contributed by atoms with Gasteiger partial charge in [0, 0.05) is 24.4 Å². The summed E-state index contributed by atoms with van der Waals surface area (Å²) in [6.45, 7) is -0.0306. The van der Waals surface area contributed by atoms with Gasteiger partial charge in [-0.25, -0.2) is 4.39 Å². The molecule has 0 radical (unpaired) electrons. The lowest BCUT2D eigenvalue weighted by Crippen LogP contribution is -2.25. The predicted octanol–water partition coefficient (Wildman–Crippen LogP) is 7.98. The van der Waals surface area contributed by atoms with Crippen LogP contribution in [0.15, 0.2) is 78.9 Å². The van der Waals surface area contributed by atoms with Gasteiger partial charge in [0.25, 0.3) is 5.91 Å². The molecule has 39 heavy (non-hydrogen) atoms. The lowest BCUT2D eigenvalue weighted by molar-refractivity contribution is -0.137. The summed E-state index contributed by atoms with van der Waals surface area (Å²) in [7, 11) is 0. The molecular formula is C30H24ClF4NO3. The van der Waals surface area contributed by atoms with Gasteiger partial charge in [0.15, 0.2) is 0 Å². The molecule has 4 nitrogen and oxygen atoms in total. The summed E-state index contributed by atoms with van der Waals surface area (Å²) in [5.74, 6) is -2.58. The molecule has 1 unspecified atom stereocenters. The molecule has 0 aromatic heterocycles. The van der Waals surface area contributed by atoms with Gasteiger partial charge in [0.2, 0.25) is 0 Å². The smallest absolute Gasteiger partial charge is 0.389 e. The fourth-order valence-corrected chi connectivity index (χ4v) is 4.60. The van der Waals surface area contributed by atoms with Crippen LogP contribution in [0.1, 0.15) is 46.7 Å². The van der Waals surface area contributed by atoms with Gasteiger partial charge in [0.1, 0.15) is 5.82 Å². The third-order valence-electron chi connectivity index (χ3n) is 6.44. The highest BCUT2D eigenvalue weighted by molar-refractivity contribution is 6.31. The van der Waals surface area contributed by atoms with E-state index in [1.54, 1.807) is 24.3 Å². The van der Waals surface area contributed by atoms with Gasteiger partial charge in [-0.2, -0.15) is 13.2 Å². The average Bonchev–Trinajstić information content (AvgIpc) is 2.89. The minimum atomic E-state index is -4.33. The molecule has 4 rings (SSSR count). The number of hydrogen-bond donors (Lipinski definition) is 2. The standard InChI is InChI=1S/C30H24ClF4NO3/c31-26-17-23(9-10-27(26)32)21-5-6-22-16-24(8-7-20(22)15-21)25(11-13-30(33,34)35)18-1-3-19(4-2-18)29(39)36-14-12-28(37)38/h1-10,15-17,25H,11-14H2,(H,36,39)(H,37,38). The van der Waals surface area contributed by atoms with E-state index >= 15 is 0 Å². The number of fused-ring (bicyclic) bond motifs is 1. The molecule has 0 saturated heterocycles. The molecule has 0 aliphatic carbocycles. The van der Waals surface area contributed by atoms with Crippen molar-refractivity contribution in [3.05, 3.63) is 106 Å². The molecule has 9 heteroatoms. The summed E-state index contributed by atoms with van der Waals surface area (Å²) < 4.78 is 53.1. The third-order valence-corrected chi connectivity index (χ3v) is 6.73. The van der Waals surface area contributed by atoms with Crippen LogP contribution in [0.4, 0.5) is 17.6 Å². The molecule has 0 aliphatic rings. The molecule has 2 N–H and O–H groups in total. The second-order valence-corrected chi connectivity index (χ2v) is 9.59. The van der Waals surface area contributed by atoms with E-state index in [1.807, 2.05) is 30.3 Å². The number of aliphatic carboxylic acids is 1. The van der Waals surface area contributed by atoms with Gasteiger partial charge in [0.05, 0.1) is 11.4 Å². The van der Waals surface area contributed by atoms with Crippen LogP contribution in [0.3, 0.4) is 0 Å². The Labute approximate surface area is 227 Å². The Hall–Kier alpha value is -3.91. The van der Waals surface area contributed by atoms with E-state index in [0.717, 1.165) is 21.9 Å². The predicted molar refractivity (Wildman–Crippen MR) is 143 cm³/mol. The first-order valence-electron chi connectivity index (χ1n) is 12.2. The molecule has 202 valence electrons. The number of benzene rings is 4. The van der Waals surface area contributed by atoms with Crippen molar-refractivity contribution in [2.24, 2.45) is 0 Å². The number of hydrogen-bond acceptors (Lipinski definition) is 2. The first-order chi connectivity index (χ1) is 18.5. The largest absolute Gasteiger partial charge is 0.481 e. The topological polar surface area (TPSA) is 66.4 Å². The second kappa shape index (κ2) is 11.9. The van der Waals surface area contributed by atoms with Gasteiger partial charge >= 0.3 is 12.1 Å². The molecule has 1 amide bonds. The van der Waals surface area contributed by atoms with E-state index in [-0.39, 0.29) is 30.0 Å². The Morgan fingerprint density at radius 1 is 0.846 bits per heavy atom. The lowest BCUT2D eigenvalue weighted by atomic mass is 9.85. The molecule has 0 saturated carbocycles. The van der Waals surface area contributed by atoms with Crippen LogP contribution in [0.25, 0.3) is 21.9 Å². The number of rotatable bonds is 9. The van der Waals surface area contributed by atoms with Crippen LogP contribution in [-0.4, -0.2) is 29.7 Å². The van der Waals surface area contributed by atoms with Crippen LogP contribution < -0.4 is 5.32 Å². The Balaban J connectivity index is 1.61. The number of carbonyl (C=O) groups excluding carboxylic acids is 1. The molecule has 0 heterocycles. The highest BCUT2D eigenvalue weighted by atomic mass is 35.5. The highest BCUT2D eigenvalue weighted by Crippen LogP contribution is 2.36. The zero-order valence-electron chi connectivity index (χ0n) is 20.6. The van der Waals surface area contributed by atoms with E-state index in [9.17, 15) is 27.2 Å². The lowest BCUT2D eigenvalue weighted by Gasteiger charge is -2.20. The molecule has 0 spiro atoms. The summed E-state index contributed by atoms with van der Waals surface area (Å²) in [4.78, 5) is 22.9. The van der Waals surface area contributed by atoms with Gasteiger partial charge < -0.3 is 10.4 Å². The maximum atomic E-state index is 13.6. The molecular weight excluding hydrogens is 534 g/mol. The summed E-state index contributed by atoms with van der Waals surface area (Å²) in [5.41, 5.74) is 3.16. The van der Waals surface area contributed by atoms with E-state index < -0.39 is 36.2 Å². The molecule has 0 fully saturated rings.